The van der Waals surface area contributed by atoms with Gasteiger partial charge in [0.1, 0.15) is 5.69 Å². The molecule has 2 aromatic carbocycles. The monoisotopic (exact) mass is 316 g/mol. The Bertz CT molecular complexity index is 689. The van der Waals surface area contributed by atoms with E-state index in [4.69, 9.17) is 0 Å². The molecule has 0 aliphatic heterocycles. The fourth-order valence-corrected chi connectivity index (χ4v) is 2.85. The number of benzene rings is 2. The van der Waals surface area contributed by atoms with Gasteiger partial charge in [0.2, 0.25) is 5.91 Å². The van der Waals surface area contributed by atoms with E-state index < -0.39 is 4.92 Å². The quantitative estimate of drug-likeness (QED) is 0.650. The van der Waals surface area contributed by atoms with Crippen LogP contribution in [0.2, 0.25) is 0 Å². The second-order valence-corrected chi connectivity index (χ2v) is 5.73. The molecule has 0 fully saturated rings. The number of nitro benzene ring substituents is 1. The lowest BCUT2D eigenvalue weighted by molar-refractivity contribution is -0.383. The smallest absolute Gasteiger partial charge is 0.292 e. The number of aryl methyl sites for hydroxylation is 1. The SMILES string of the molecule is Cc1ccccc1CSCC(=O)Nc1ccccc1[N+](=O)[O-]. The molecule has 0 radical (unpaired) electrons. The summed E-state index contributed by atoms with van der Waals surface area (Å²) in [5.74, 6) is 0.741. The Balaban J connectivity index is 1.89. The number of nitrogens with one attached hydrogen (secondary N) is 1. The fourth-order valence-electron chi connectivity index (χ4n) is 1.95. The number of rotatable bonds is 6. The first-order chi connectivity index (χ1) is 10.6. The van der Waals surface area contributed by atoms with Crippen LogP contribution < -0.4 is 5.32 Å². The van der Waals surface area contributed by atoms with E-state index in [-0.39, 0.29) is 23.0 Å². The molecule has 0 saturated carbocycles. The van der Waals surface area contributed by atoms with Crippen molar-refractivity contribution in [3.8, 4) is 0 Å². The third-order valence-electron chi connectivity index (χ3n) is 3.13. The summed E-state index contributed by atoms with van der Waals surface area (Å²) in [6.45, 7) is 2.03. The predicted molar refractivity (Wildman–Crippen MR) is 89.1 cm³/mol. The third-order valence-corrected chi connectivity index (χ3v) is 4.11. The summed E-state index contributed by atoms with van der Waals surface area (Å²) in [7, 11) is 0. The van der Waals surface area contributed by atoms with Crippen LogP contribution in [0, 0.1) is 17.0 Å². The van der Waals surface area contributed by atoms with Crippen molar-refractivity contribution in [1.82, 2.24) is 0 Å². The van der Waals surface area contributed by atoms with Crippen LogP contribution in [0.3, 0.4) is 0 Å². The Labute approximate surface area is 132 Å². The molecular weight excluding hydrogens is 300 g/mol. The topological polar surface area (TPSA) is 72.2 Å². The van der Waals surface area contributed by atoms with Gasteiger partial charge >= 0.3 is 0 Å². The molecule has 1 amide bonds. The van der Waals surface area contributed by atoms with Crippen LogP contribution in [0.4, 0.5) is 11.4 Å². The van der Waals surface area contributed by atoms with E-state index in [9.17, 15) is 14.9 Å². The summed E-state index contributed by atoms with van der Waals surface area (Å²) >= 11 is 1.48. The van der Waals surface area contributed by atoms with E-state index in [2.05, 4.69) is 5.32 Å². The Morgan fingerprint density at radius 3 is 2.59 bits per heavy atom. The van der Waals surface area contributed by atoms with Crippen molar-refractivity contribution in [3.05, 3.63) is 69.8 Å². The maximum atomic E-state index is 11.9. The van der Waals surface area contributed by atoms with Crippen LogP contribution in [0.25, 0.3) is 0 Å². The Morgan fingerprint density at radius 1 is 1.18 bits per heavy atom. The minimum absolute atomic E-state index is 0.0975. The standard InChI is InChI=1S/C16H16N2O3S/c1-12-6-2-3-7-13(12)10-22-11-16(19)17-14-8-4-5-9-15(14)18(20)21/h2-9H,10-11H2,1H3,(H,17,19). The molecule has 0 saturated heterocycles. The van der Waals surface area contributed by atoms with E-state index in [1.807, 2.05) is 31.2 Å². The molecule has 0 aliphatic rings. The first-order valence-electron chi connectivity index (χ1n) is 6.73. The largest absolute Gasteiger partial charge is 0.320 e. The van der Waals surface area contributed by atoms with Gasteiger partial charge in [-0.1, -0.05) is 36.4 Å². The van der Waals surface area contributed by atoms with Gasteiger partial charge in [0, 0.05) is 11.8 Å². The molecule has 0 unspecified atom stereocenters. The number of nitrogens with zero attached hydrogens (tertiary/aromatic N) is 1. The highest BCUT2D eigenvalue weighted by Crippen LogP contribution is 2.23. The van der Waals surface area contributed by atoms with Gasteiger partial charge < -0.3 is 5.32 Å². The minimum atomic E-state index is -0.504. The number of para-hydroxylation sites is 2. The number of amides is 1. The highest BCUT2D eigenvalue weighted by Gasteiger charge is 2.14. The normalized spacial score (nSPS) is 10.2. The molecule has 0 bridgehead atoms. The zero-order valence-corrected chi connectivity index (χ0v) is 12.9. The molecule has 0 atom stereocenters. The highest BCUT2D eigenvalue weighted by molar-refractivity contribution is 7.99. The average molecular weight is 316 g/mol. The van der Waals surface area contributed by atoms with Crippen molar-refractivity contribution in [2.24, 2.45) is 0 Å². The van der Waals surface area contributed by atoms with Gasteiger partial charge in [0.25, 0.3) is 5.69 Å². The van der Waals surface area contributed by atoms with Gasteiger partial charge in [-0.05, 0) is 24.1 Å². The first-order valence-corrected chi connectivity index (χ1v) is 7.89. The lowest BCUT2D eigenvalue weighted by atomic mass is 10.1. The van der Waals surface area contributed by atoms with Gasteiger partial charge in [-0.15, -0.1) is 11.8 Å². The van der Waals surface area contributed by atoms with Crippen molar-refractivity contribution in [2.75, 3.05) is 11.1 Å². The molecule has 1 N–H and O–H groups in total. The summed E-state index contributed by atoms with van der Waals surface area (Å²) in [4.78, 5) is 22.3. The first kappa shape index (κ1) is 16.0. The molecule has 114 valence electrons. The fraction of sp³-hybridized carbons (Fsp3) is 0.188. The van der Waals surface area contributed by atoms with Gasteiger partial charge in [-0.2, -0.15) is 0 Å². The number of anilines is 1. The van der Waals surface area contributed by atoms with E-state index >= 15 is 0 Å². The molecular formula is C16H16N2O3S. The Kier molecular flexibility index (Phi) is 5.55. The number of hydrogen-bond acceptors (Lipinski definition) is 4. The summed E-state index contributed by atoms with van der Waals surface area (Å²) in [5, 5.41) is 13.5. The predicted octanol–water partition coefficient (Wildman–Crippen LogP) is 3.78. The van der Waals surface area contributed by atoms with E-state index in [0.717, 1.165) is 5.75 Å². The number of carbonyl (C=O) groups is 1. The number of hydrogen-bond donors (Lipinski definition) is 1. The molecule has 0 spiro atoms. The lowest BCUT2D eigenvalue weighted by Gasteiger charge is -2.07. The van der Waals surface area contributed by atoms with E-state index in [1.165, 1.54) is 35.0 Å². The van der Waals surface area contributed by atoms with Crippen LogP contribution >= 0.6 is 11.8 Å². The summed E-state index contributed by atoms with van der Waals surface area (Å²) < 4.78 is 0. The molecule has 5 nitrogen and oxygen atoms in total. The van der Waals surface area contributed by atoms with E-state index in [1.54, 1.807) is 12.1 Å². The van der Waals surface area contributed by atoms with Crippen LogP contribution in [0.5, 0.6) is 0 Å². The van der Waals surface area contributed by atoms with Gasteiger partial charge in [-0.25, -0.2) is 0 Å². The van der Waals surface area contributed by atoms with E-state index in [0.29, 0.717) is 0 Å². The van der Waals surface area contributed by atoms with Crippen molar-refractivity contribution in [1.29, 1.82) is 0 Å². The molecule has 22 heavy (non-hydrogen) atoms. The van der Waals surface area contributed by atoms with Crippen molar-refractivity contribution in [3.63, 3.8) is 0 Å². The minimum Gasteiger partial charge on any atom is -0.320 e. The molecule has 2 aromatic rings. The molecule has 0 heterocycles. The molecule has 0 aromatic heterocycles. The van der Waals surface area contributed by atoms with Crippen LogP contribution in [-0.2, 0) is 10.5 Å². The second kappa shape index (κ2) is 7.61. The zero-order chi connectivity index (χ0) is 15.9. The Hall–Kier alpha value is -2.34. The van der Waals surface area contributed by atoms with Gasteiger partial charge in [0.05, 0.1) is 10.7 Å². The van der Waals surface area contributed by atoms with Gasteiger partial charge in [-0.3, -0.25) is 14.9 Å². The number of thioether (sulfide) groups is 1. The third kappa shape index (κ3) is 4.33. The summed E-state index contributed by atoms with van der Waals surface area (Å²) in [6, 6.07) is 14.1. The molecule has 6 heteroatoms. The average Bonchev–Trinajstić information content (AvgIpc) is 2.49. The summed E-state index contributed by atoms with van der Waals surface area (Å²) in [5.41, 5.74) is 2.51. The Morgan fingerprint density at radius 2 is 1.86 bits per heavy atom. The molecule has 2 rings (SSSR count). The van der Waals surface area contributed by atoms with Crippen molar-refractivity contribution < 1.29 is 9.72 Å². The summed E-state index contributed by atoms with van der Waals surface area (Å²) in [6.07, 6.45) is 0. The lowest BCUT2D eigenvalue weighted by Crippen LogP contribution is -2.15. The van der Waals surface area contributed by atoms with Crippen molar-refractivity contribution >= 4 is 29.0 Å². The number of nitro groups is 1. The van der Waals surface area contributed by atoms with Crippen LogP contribution in [0.1, 0.15) is 11.1 Å². The van der Waals surface area contributed by atoms with Crippen LogP contribution in [0.15, 0.2) is 48.5 Å². The second-order valence-electron chi connectivity index (χ2n) is 4.74. The maximum Gasteiger partial charge on any atom is 0.292 e. The van der Waals surface area contributed by atoms with Gasteiger partial charge in [0.15, 0.2) is 0 Å². The number of carbonyl (C=O) groups excluding carboxylic acids is 1. The maximum absolute atomic E-state index is 11.9. The highest BCUT2D eigenvalue weighted by atomic mass is 32.2. The van der Waals surface area contributed by atoms with Crippen molar-refractivity contribution in [2.45, 2.75) is 12.7 Å². The zero-order valence-electron chi connectivity index (χ0n) is 12.1. The molecule has 0 aliphatic carbocycles. The van der Waals surface area contributed by atoms with Crippen LogP contribution in [-0.4, -0.2) is 16.6 Å².